The van der Waals surface area contributed by atoms with E-state index in [9.17, 15) is 4.79 Å². The van der Waals surface area contributed by atoms with Crippen molar-refractivity contribution >= 4 is 5.78 Å². The molecule has 2 heteroatoms. The Kier molecular flexibility index (Phi) is 6.43. The quantitative estimate of drug-likeness (QED) is 0.710. The number of carbonyl (C=O) groups excluding carboxylic acids is 1. The fourth-order valence-electron chi connectivity index (χ4n) is 1.11. The molecule has 84 valence electrons. The molecule has 0 saturated heterocycles. The second-order valence-corrected chi connectivity index (χ2v) is 3.25. The van der Waals surface area contributed by atoms with E-state index in [1.165, 1.54) is 0 Å². The standard InChI is InChI=1S/C11H14O2.C2H6/c1-8(2)11(12)9-5-4-6-10(7-9)13-3;1-2/h4-8H,1-3H3;1-2H3. The smallest absolute Gasteiger partial charge is 0.165 e. The molecule has 0 aromatic heterocycles. The molecule has 1 aromatic carbocycles. The summed E-state index contributed by atoms with van der Waals surface area (Å²) in [6.07, 6.45) is 0. The van der Waals surface area contributed by atoms with Crippen LogP contribution >= 0.6 is 0 Å². The molecule has 0 aliphatic carbocycles. The van der Waals surface area contributed by atoms with Crippen molar-refractivity contribution in [2.24, 2.45) is 5.92 Å². The summed E-state index contributed by atoms with van der Waals surface area (Å²) in [7, 11) is 1.60. The summed E-state index contributed by atoms with van der Waals surface area (Å²) >= 11 is 0. The predicted octanol–water partition coefficient (Wildman–Crippen LogP) is 3.56. The van der Waals surface area contributed by atoms with Gasteiger partial charge in [-0.1, -0.05) is 39.8 Å². The molecular formula is C13H20O2. The summed E-state index contributed by atoms with van der Waals surface area (Å²) < 4.78 is 5.03. The zero-order chi connectivity index (χ0) is 11.8. The molecule has 15 heavy (non-hydrogen) atoms. The van der Waals surface area contributed by atoms with Gasteiger partial charge in [-0.25, -0.2) is 0 Å². The topological polar surface area (TPSA) is 26.3 Å². The molecule has 0 N–H and O–H groups in total. The van der Waals surface area contributed by atoms with Gasteiger partial charge in [-0.2, -0.15) is 0 Å². The summed E-state index contributed by atoms with van der Waals surface area (Å²) in [5, 5.41) is 0. The summed E-state index contributed by atoms with van der Waals surface area (Å²) in [4.78, 5) is 11.6. The lowest BCUT2D eigenvalue weighted by Gasteiger charge is -2.05. The van der Waals surface area contributed by atoms with Crippen molar-refractivity contribution in [1.82, 2.24) is 0 Å². The number of carbonyl (C=O) groups is 1. The number of ketones is 1. The van der Waals surface area contributed by atoms with Crippen LogP contribution in [0.5, 0.6) is 5.75 Å². The number of hydrogen-bond acceptors (Lipinski definition) is 2. The van der Waals surface area contributed by atoms with Gasteiger partial charge in [0.15, 0.2) is 5.78 Å². The van der Waals surface area contributed by atoms with E-state index >= 15 is 0 Å². The summed E-state index contributed by atoms with van der Waals surface area (Å²) in [6, 6.07) is 7.23. The number of methoxy groups -OCH3 is 1. The summed E-state index contributed by atoms with van der Waals surface area (Å²) in [6.45, 7) is 7.78. The molecule has 0 amide bonds. The minimum Gasteiger partial charge on any atom is -0.497 e. The highest BCUT2D eigenvalue weighted by Gasteiger charge is 2.10. The van der Waals surface area contributed by atoms with Crippen molar-refractivity contribution in [3.63, 3.8) is 0 Å². The van der Waals surface area contributed by atoms with Crippen molar-refractivity contribution < 1.29 is 9.53 Å². The average molecular weight is 208 g/mol. The monoisotopic (exact) mass is 208 g/mol. The number of ether oxygens (including phenoxy) is 1. The zero-order valence-electron chi connectivity index (χ0n) is 10.2. The van der Waals surface area contributed by atoms with Gasteiger partial charge >= 0.3 is 0 Å². The van der Waals surface area contributed by atoms with Crippen molar-refractivity contribution in [3.8, 4) is 5.75 Å². The Hall–Kier alpha value is -1.31. The maximum absolute atomic E-state index is 11.6. The van der Waals surface area contributed by atoms with Gasteiger partial charge in [-0.05, 0) is 12.1 Å². The SMILES string of the molecule is CC.COc1cccc(C(=O)C(C)C)c1. The van der Waals surface area contributed by atoms with Crippen LogP contribution in [0.15, 0.2) is 24.3 Å². The first-order valence-corrected chi connectivity index (χ1v) is 5.33. The number of rotatable bonds is 3. The molecule has 0 saturated carbocycles. The van der Waals surface area contributed by atoms with E-state index in [4.69, 9.17) is 4.74 Å². The van der Waals surface area contributed by atoms with Crippen LogP contribution in [0.4, 0.5) is 0 Å². The van der Waals surface area contributed by atoms with Crippen LogP contribution in [-0.4, -0.2) is 12.9 Å². The number of Topliss-reactive ketones (excluding diaryl/α,β-unsaturated/α-hetero) is 1. The van der Waals surface area contributed by atoms with E-state index < -0.39 is 0 Å². The molecule has 1 rings (SSSR count). The lowest BCUT2D eigenvalue weighted by Crippen LogP contribution is -2.07. The lowest BCUT2D eigenvalue weighted by atomic mass is 10.0. The fourth-order valence-corrected chi connectivity index (χ4v) is 1.11. The Morgan fingerprint density at radius 3 is 2.33 bits per heavy atom. The third-order valence-electron chi connectivity index (χ3n) is 1.88. The van der Waals surface area contributed by atoms with Crippen molar-refractivity contribution in [3.05, 3.63) is 29.8 Å². The highest BCUT2D eigenvalue weighted by atomic mass is 16.5. The van der Waals surface area contributed by atoms with E-state index in [1.54, 1.807) is 13.2 Å². The summed E-state index contributed by atoms with van der Waals surface area (Å²) in [5.41, 5.74) is 0.717. The van der Waals surface area contributed by atoms with Crippen LogP contribution in [0.1, 0.15) is 38.1 Å². The van der Waals surface area contributed by atoms with E-state index in [0.29, 0.717) is 5.56 Å². The Morgan fingerprint density at radius 2 is 1.87 bits per heavy atom. The van der Waals surface area contributed by atoms with E-state index in [2.05, 4.69) is 0 Å². The summed E-state index contributed by atoms with van der Waals surface area (Å²) in [5.74, 6) is 0.914. The van der Waals surface area contributed by atoms with Crippen LogP contribution in [0.2, 0.25) is 0 Å². The largest absolute Gasteiger partial charge is 0.497 e. The minimum absolute atomic E-state index is 0.0344. The minimum atomic E-state index is 0.0344. The molecule has 0 bridgehead atoms. The van der Waals surface area contributed by atoms with E-state index in [1.807, 2.05) is 45.9 Å². The highest BCUT2D eigenvalue weighted by Crippen LogP contribution is 2.15. The molecule has 0 atom stereocenters. The molecule has 0 unspecified atom stereocenters. The molecule has 2 nitrogen and oxygen atoms in total. The third-order valence-corrected chi connectivity index (χ3v) is 1.88. The first-order chi connectivity index (χ1) is 7.15. The normalized spacial score (nSPS) is 9.20. The molecule has 0 spiro atoms. The number of hydrogen-bond donors (Lipinski definition) is 0. The molecule has 0 aliphatic rings. The van der Waals surface area contributed by atoms with Gasteiger partial charge in [0.2, 0.25) is 0 Å². The maximum atomic E-state index is 11.6. The molecular weight excluding hydrogens is 188 g/mol. The zero-order valence-corrected chi connectivity index (χ0v) is 10.2. The van der Waals surface area contributed by atoms with Crippen LogP contribution in [0.25, 0.3) is 0 Å². The molecule has 1 aromatic rings. The molecule has 0 fully saturated rings. The second kappa shape index (κ2) is 7.04. The van der Waals surface area contributed by atoms with Crippen molar-refractivity contribution in [1.29, 1.82) is 0 Å². The van der Waals surface area contributed by atoms with Gasteiger partial charge in [0, 0.05) is 11.5 Å². The maximum Gasteiger partial charge on any atom is 0.165 e. The first-order valence-electron chi connectivity index (χ1n) is 5.33. The molecule has 0 radical (unpaired) electrons. The van der Waals surface area contributed by atoms with Crippen LogP contribution < -0.4 is 4.74 Å². The Balaban J connectivity index is 0.000000921. The highest BCUT2D eigenvalue weighted by molar-refractivity contribution is 5.97. The predicted molar refractivity (Wildman–Crippen MR) is 63.5 cm³/mol. The van der Waals surface area contributed by atoms with Gasteiger partial charge in [-0.3, -0.25) is 4.79 Å². The average Bonchev–Trinajstić information content (AvgIpc) is 2.30. The molecule has 0 aliphatic heterocycles. The number of benzene rings is 1. The van der Waals surface area contributed by atoms with Gasteiger partial charge < -0.3 is 4.74 Å². The van der Waals surface area contributed by atoms with Gasteiger partial charge in [0.25, 0.3) is 0 Å². The van der Waals surface area contributed by atoms with E-state index in [0.717, 1.165) is 5.75 Å². The van der Waals surface area contributed by atoms with Gasteiger partial charge in [0.1, 0.15) is 5.75 Å². The van der Waals surface area contributed by atoms with E-state index in [-0.39, 0.29) is 11.7 Å². The first kappa shape index (κ1) is 13.7. The van der Waals surface area contributed by atoms with Crippen LogP contribution in [0, 0.1) is 5.92 Å². The second-order valence-electron chi connectivity index (χ2n) is 3.25. The van der Waals surface area contributed by atoms with Gasteiger partial charge in [0.05, 0.1) is 7.11 Å². The fraction of sp³-hybridized carbons (Fsp3) is 0.462. The van der Waals surface area contributed by atoms with Crippen LogP contribution in [0.3, 0.4) is 0 Å². The van der Waals surface area contributed by atoms with Crippen molar-refractivity contribution in [2.45, 2.75) is 27.7 Å². The Bertz CT molecular complexity index is 303. The van der Waals surface area contributed by atoms with Gasteiger partial charge in [-0.15, -0.1) is 0 Å². The third kappa shape index (κ3) is 4.15. The van der Waals surface area contributed by atoms with Crippen molar-refractivity contribution in [2.75, 3.05) is 7.11 Å². The van der Waals surface area contributed by atoms with Crippen LogP contribution in [-0.2, 0) is 0 Å². The lowest BCUT2D eigenvalue weighted by molar-refractivity contribution is 0.0939. The Morgan fingerprint density at radius 1 is 1.27 bits per heavy atom. The Labute approximate surface area is 92.3 Å². The molecule has 0 heterocycles.